The molecule has 0 aromatic carbocycles. The van der Waals surface area contributed by atoms with Gasteiger partial charge < -0.3 is 5.32 Å². The molecule has 1 atom stereocenters. The molecular weight excluding hydrogens is 364 g/mol. The molecule has 2 aromatic heterocycles. The van der Waals surface area contributed by atoms with Gasteiger partial charge in [0, 0.05) is 45.5 Å². The topological polar surface area (TPSA) is 91.3 Å². The Hall–Kier alpha value is -2.10. The van der Waals surface area contributed by atoms with Crippen molar-refractivity contribution < 1.29 is 8.42 Å². The minimum atomic E-state index is -3.43. The third-order valence-electron chi connectivity index (χ3n) is 4.61. The summed E-state index contributed by atoms with van der Waals surface area (Å²) in [6, 6.07) is 7.43. The molecule has 0 saturated carbocycles. The van der Waals surface area contributed by atoms with Gasteiger partial charge >= 0.3 is 0 Å². The van der Waals surface area contributed by atoms with Gasteiger partial charge in [0.1, 0.15) is 11.6 Å². The van der Waals surface area contributed by atoms with Gasteiger partial charge in [0.2, 0.25) is 0 Å². The van der Waals surface area contributed by atoms with Gasteiger partial charge in [-0.15, -0.1) is 0 Å². The molecule has 0 radical (unpaired) electrons. The molecule has 3 rings (SSSR count). The van der Waals surface area contributed by atoms with E-state index in [1.165, 1.54) is 4.31 Å². The second-order valence-electron chi connectivity index (χ2n) is 6.83. The van der Waals surface area contributed by atoms with Gasteiger partial charge in [0.25, 0.3) is 10.2 Å². The van der Waals surface area contributed by atoms with Crippen LogP contribution in [0.3, 0.4) is 0 Å². The zero-order valence-corrected chi connectivity index (χ0v) is 16.8. The van der Waals surface area contributed by atoms with Crippen LogP contribution >= 0.6 is 0 Å². The molecule has 1 fully saturated rings. The number of nitrogens with zero attached hydrogens (tertiary/aromatic N) is 5. The van der Waals surface area contributed by atoms with E-state index in [-0.39, 0.29) is 6.04 Å². The van der Waals surface area contributed by atoms with E-state index in [2.05, 4.69) is 20.3 Å². The maximum Gasteiger partial charge on any atom is 0.281 e. The van der Waals surface area contributed by atoms with E-state index >= 15 is 0 Å². The lowest BCUT2D eigenvalue weighted by atomic mass is 10.1. The Morgan fingerprint density at radius 3 is 2.74 bits per heavy atom. The molecular formula is C18H26N6O2S. The van der Waals surface area contributed by atoms with Crippen LogP contribution in [0.5, 0.6) is 0 Å². The van der Waals surface area contributed by atoms with Gasteiger partial charge in [0.05, 0.1) is 11.4 Å². The first-order chi connectivity index (χ1) is 12.9. The van der Waals surface area contributed by atoms with Crippen LogP contribution in [0, 0.1) is 6.92 Å². The Balaban J connectivity index is 1.76. The number of anilines is 1. The van der Waals surface area contributed by atoms with Gasteiger partial charge in [-0.2, -0.15) is 17.0 Å². The number of aryl methyl sites for hydroxylation is 1. The Labute approximate surface area is 160 Å². The van der Waals surface area contributed by atoms with Crippen LogP contribution in [-0.4, -0.2) is 65.2 Å². The van der Waals surface area contributed by atoms with Crippen molar-refractivity contribution in [2.75, 3.05) is 32.5 Å². The summed E-state index contributed by atoms with van der Waals surface area (Å²) < 4.78 is 28.1. The molecule has 1 aliphatic heterocycles. The Morgan fingerprint density at radius 1 is 1.22 bits per heavy atom. The Bertz CT molecular complexity index is 873. The third-order valence-corrected chi connectivity index (χ3v) is 6.61. The lowest BCUT2D eigenvalue weighted by Crippen LogP contribution is -2.51. The summed E-state index contributed by atoms with van der Waals surface area (Å²) in [4.78, 5) is 13.2. The van der Waals surface area contributed by atoms with E-state index in [9.17, 15) is 8.42 Å². The van der Waals surface area contributed by atoms with Gasteiger partial charge in [0.15, 0.2) is 0 Å². The van der Waals surface area contributed by atoms with Crippen LogP contribution in [0.25, 0.3) is 11.4 Å². The second kappa shape index (κ2) is 8.28. The lowest BCUT2D eigenvalue weighted by Gasteiger charge is -2.36. The molecule has 1 aliphatic rings. The maximum atomic E-state index is 12.6. The largest absolute Gasteiger partial charge is 0.368 e. The molecule has 0 aliphatic carbocycles. The summed E-state index contributed by atoms with van der Waals surface area (Å²) in [6.07, 6.45) is 4.47. The lowest BCUT2D eigenvalue weighted by molar-refractivity contribution is 0.248. The summed E-state index contributed by atoms with van der Waals surface area (Å²) >= 11 is 0. The molecule has 1 N–H and O–H groups in total. The van der Waals surface area contributed by atoms with Gasteiger partial charge in [-0.3, -0.25) is 4.98 Å². The fourth-order valence-electron chi connectivity index (χ4n) is 3.22. The van der Waals surface area contributed by atoms with Crippen molar-refractivity contribution in [3.05, 3.63) is 36.3 Å². The average molecular weight is 391 g/mol. The van der Waals surface area contributed by atoms with Crippen molar-refractivity contribution in [3.63, 3.8) is 0 Å². The van der Waals surface area contributed by atoms with Crippen molar-refractivity contribution >= 4 is 16.0 Å². The highest BCUT2D eigenvalue weighted by molar-refractivity contribution is 7.86. The molecule has 9 heteroatoms. The van der Waals surface area contributed by atoms with Crippen molar-refractivity contribution in [1.29, 1.82) is 0 Å². The molecule has 0 bridgehead atoms. The summed E-state index contributed by atoms with van der Waals surface area (Å²) in [5.41, 5.74) is 1.52. The molecule has 3 heterocycles. The highest BCUT2D eigenvalue weighted by Crippen LogP contribution is 2.23. The standard InChI is InChI=1S/C18H26N6O2S/c1-14-21-17(16-9-4-6-10-19-16)12-18(22-14)20-13-15-8-5-7-11-24(15)27(25,26)23(2)3/h4,6,9-10,12,15H,5,7-8,11,13H2,1-3H3,(H,20,21,22). The number of hydrogen-bond acceptors (Lipinski definition) is 6. The first-order valence-electron chi connectivity index (χ1n) is 9.08. The summed E-state index contributed by atoms with van der Waals surface area (Å²) in [5, 5.41) is 3.30. The van der Waals surface area contributed by atoms with E-state index in [1.807, 2.05) is 31.2 Å². The Kier molecular flexibility index (Phi) is 6.03. The van der Waals surface area contributed by atoms with Crippen LogP contribution < -0.4 is 5.32 Å². The number of piperidine rings is 1. The summed E-state index contributed by atoms with van der Waals surface area (Å²) in [7, 11) is -0.287. The predicted molar refractivity (Wildman–Crippen MR) is 105 cm³/mol. The average Bonchev–Trinajstić information content (AvgIpc) is 2.66. The molecule has 1 unspecified atom stereocenters. The van der Waals surface area contributed by atoms with E-state index < -0.39 is 10.2 Å². The summed E-state index contributed by atoms with van der Waals surface area (Å²) in [6.45, 7) is 2.89. The van der Waals surface area contributed by atoms with Crippen LogP contribution in [0.15, 0.2) is 30.5 Å². The molecule has 0 amide bonds. The molecule has 0 spiro atoms. The zero-order valence-electron chi connectivity index (χ0n) is 16.0. The van der Waals surface area contributed by atoms with E-state index in [1.54, 1.807) is 24.6 Å². The summed E-state index contributed by atoms with van der Waals surface area (Å²) in [5.74, 6) is 1.32. The van der Waals surface area contributed by atoms with E-state index in [4.69, 9.17) is 0 Å². The number of nitrogens with one attached hydrogen (secondary N) is 1. The van der Waals surface area contributed by atoms with E-state index in [0.29, 0.717) is 24.7 Å². The minimum absolute atomic E-state index is 0.0975. The van der Waals surface area contributed by atoms with Crippen LogP contribution in [-0.2, 0) is 10.2 Å². The fourth-order valence-corrected chi connectivity index (χ4v) is 4.55. The van der Waals surface area contributed by atoms with E-state index in [0.717, 1.165) is 30.7 Å². The van der Waals surface area contributed by atoms with Gasteiger partial charge in [-0.25, -0.2) is 9.97 Å². The van der Waals surface area contributed by atoms with Crippen molar-refractivity contribution in [2.45, 2.75) is 32.2 Å². The quantitative estimate of drug-likeness (QED) is 0.810. The molecule has 146 valence electrons. The maximum absolute atomic E-state index is 12.6. The molecule has 1 saturated heterocycles. The third kappa shape index (κ3) is 4.60. The zero-order chi connectivity index (χ0) is 19.4. The minimum Gasteiger partial charge on any atom is -0.368 e. The SMILES string of the molecule is Cc1nc(NCC2CCCCN2S(=O)(=O)N(C)C)cc(-c2ccccn2)n1. The second-order valence-corrected chi connectivity index (χ2v) is 8.93. The van der Waals surface area contributed by atoms with Crippen LogP contribution in [0.1, 0.15) is 25.1 Å². The molecule has 27 heavy (non-hydrogen) atoms. The molecule has 8 nitrogen and oxygen atoms in total. The number of rotatable bonds is 6. The van der Waals surface area contributed by atoms with Gasteiger partial charge in [-0.1, -0.05) is 12.5 Å². The highest BCUT2D eigenvalue weighted by Gasteiger charge is 2.33. The normalized spacial score (nSPS) is 18.6. The fraction of sp³-hybridized carbons (Fsp3) is 0.500. The highest BCUT2D eigenvalue weighted by atomic mass is 32.2. The number of pyridine rings is 1. The first kappa shape index (κ1) is 19.7. The van der Waals surface area contributed by atoms with Crippen LogP contribution in [0.4, 0.5) is 5.82 Å². The van der Waals surface area contributed by atoms with Crippen LogP contribution in [0.2, 0.25) is 0 Å². The Morgan fingerprint density at radius 2 is 2.04 bits per heavy atom. The van der Waals surface area contributed by atoms with Crippen molar-refractivity contribution in [2.24, 2.45) is 0 Å². The number of hydrogen-bond donors (Lipinski definition) is 1. The predicted octanol–water partition coefficient (Wildman–Crippen LogP) is 1.92. The van der Waals surface area contributed by atoms with Crippen molar-refractivity contribution in [1.82, 2.24) is 23.6 Å². The monoisotopic (exact) mass is 390 g/mol. The molecule has 2 aromatic rings. The number of aromatic nitrogens is 3. The van der Waals surface area contributed by atoms with Crippen molar-refractivity contribution in [3.8, 4) is 11.4 Å². The first-order valence-corrected chi connectivity index (χ1v) is 10.5. The smallest absolute Gasteiger partial charge is 0.281 e. The van der Waals surface area contributed by atoms with Gasteiger partial charge in [-0.05, 0) is 31.9 Å².